The number of hydrogen-bond acceptors (Lipinski definition) is 2. The third-order valence-corrected chi connectivity index (χ3v) is 4.61. The quantitative estimate of drug-likeness (QED) is 0.776. The molecule has 0 amide bonds. The lowest BCUT2D eigenvalue weighted by Gasteiger charge is -2.40. The number of rotatable bonds is 3. The molecule has 0 aromatic rings. The summed E-state index contributed by atoms with van der Waals surface area (Å²) in [6.45, 7) is 5.57. The maximum atomic E-state index is 10.9. The van der Waals surface area contributed by atoms with Crippen molar-refractivity contribution in [3.8, 4) is 0 Å². The first-order valence-corrected chi connectivity index (χ1v) is 7.89. The van der Waals surface area contributed by atoms with Crippen molar-refractivity contribution >= 4 is 0 Å². The second-order valence-corrected chi connectivity index (χ2v) is 6.06. The van der Waals surface area contributed by atoms with Gasteiger partial charge in [0.15, 0.2) is 0 Å². The van der Waals surface area contributed by atoms with Crippen LogP contribution < -0.4 is 0 Å². The Hall–Kier alpha value is -0.340. The van der Waals surface area contributed by atoms with Crippen molar-refractivity contribution in [2.75, 3.05) is 19.6 Å². The highest BCUT2D eigenvalue weighted by atomic mass is 16.3. The van der Waals surface area contributed by atoms with E-state index in [0.717, 1.165) is 32.4 Å². The van der Waals surface area contributed by atoms with Crippen LogP contribution in [-0.4, -0.2) is 35.2 Å². The molecular formula is C16H29NO. The van der Waals surface area contributed by atoms with Crippen LogP contribution in [0.25, 0.3) is 0 Å². The number of nitrogens with zero attached hydrogens (tertiary/aromatic N) is 1. The fraction of sp³-hybridized carbons (Fsp3) is 0.875. The zero-order valence-electron chi connectivity index (χ0n) is 12.0. The molecule has 1 fully saturated rings. The van der Waals surface area contributed by atoms with E-state index in [-0.39, 0.29) is 0 Å². The van der Waals surface area contributed by atoms with Crippen LogP contribution in [0.1, 0.15) is 64.7 Å². The second kappa shape index (κ2) is 6.72. The summed E-state index contributed by atoms with van der Waals surface area (Å²) in [5.41, 5.74) is 0.889. The van der Waals surface area contributed by atoms with Gasteiger partial charge in [0, 0.05) is 13.1 Å². The van der Waals surface area contributed by atoms with E-state index >= 15 is 0 Å². The first-order valence-electron chi connectivity index (χ1n) is 7.89. The summed E-state index contributed by atoms with van der Waals surface area (Å²) in [4.78, 5) is 2.50. The molecule has 0 saturated carbocycles. The van der Waals surface area contributed by atoms with Gasteiger partial charge in [-0.2, -0.15) is 0 Å². The first kappa shape index (κ1) is 14.1. The number of piperidine rings is 1. The van der Waals surface area contributed by atoms with Crippen LogP contribution in [-0.2, 0) is 0 Å². The molecule has 0 unspecified atom stereocenters. The van der Waals surface area contributed by atoms with E-state index in [2.05, 4.69) is 17.9 Å². The number of hydrogen-bond donors (Lipinski definition) is 1. The highest BCUT2D eigenvalue weighted by Gasteiger charge is 2.35. The Labute approximate surface area is 112 Å². The number of likely N-dealkylation sites (tertiary alicyclic amines) is 1. The Balaban J connectivity index is 1.94. The van der Waals surface area contributed by atoms with E-state index < -0.39 is 5.60 Å². The lowest BCUT2D eigenvalue weighted by atomic mass is 9.80. The summed E-state index contributed by atoms with van der Waals surface area (Å²) < 4.78 is 0. The molecule has 1 N–H and O–H groups in total. The van der Waals surface area contributed by atoms with Gasteiger partial charge in [-0.15, -0.1) is 0 Å². The van der Waals surface area contributed by atoms with Crippen LogP contribution in [0.2, 0.25) is 0 Å². The average molecular weight is 251 g/mol. The van der Waals surface area contributed by atoms with Crippen molar-refractivity contribution in [1.29, 1.82) is 0 Å². The fourth-order valence-corrected chi connectivity index (χ4v) is 3.40. The van der Waals surface area contributed by atoms with Crippen molar-refractivity contribution in [3.63, 3.8) is 0 Å². The van der Waals surface area contributed by atoms with E-state index in [1.54, 1.807) is 0 Å². The van der Waals surface area contributed by atoms with Crippen molar-refractivity contribution < 1.29 is 5.11 Å². The highest BCUT2D eigenvalue weighted by molar-refractivity contribution is 5.18. The zero-order valence-corrected chi connectivity index (χ0v) is 12.0. The minimum atomic E-state index is -0.471. The van der Waals surface area contributed by atoms with Crippen molar-refractivity contribution in [3.05, 3.63) is 11.6 Å². The van der Waals surface area contributed by atoms with Crippen molar-refractivity contribution in [2.24, 2.45) is 0 Å². The van der Waals surface area contributed by atoms with Crippen LogP contribution in [0.5, 0.6) is 0 Å². The molecule has 2 heteroatoms. The van der Waals surface area contributed by atoms with Gasteiger partial charge in [-0.1, -0.05) is 25.8 Å². The summed E-state index contributed by atoms with van der Waals surface area (Å²) in [5.74, 6) is 0. The molecular weight excluding hydrogens is 222 g/mol. The molecule has 104 valence electrons. The smallest absolute Gasteiger partial charge is 0.0881 e. The molecule has 0 atom stereocenters. The maximum Gasteiger partial charge on any atom is 0.0881 e. The van der Waals surface area contributed by atoms with E-state index in [4.69, 9.17) is 0 Å². The zero-order chi connectivity index (χ0) is 12.8. The Morgan fingerprint density at radius 2 is 1.89 bits per heavy atom. The summed E-state index contributed by atoms with van der Waals surface area (Å²) >= 11 is 0. The lowest BCUT2D eigenvalue weighted by Crippen LogP contribution is -2.45. The molecule has 2 aliphatic rings. The van der Waals surface area contributed by atoms with Gasteiger partial charge in [-0.3, -0.25) is 0 Å². The molecule has 2 rings (SSSR count). The van der Waals surface area contributed by atoms with Crippen molar-refractivity contribution in [2.45, 2.75) is 70.3 Å². The predicted molar refractivity (Wildman–Crippen MR) is 76.7 cm³/mol. The summed E-state index contributed by atoms with van der Waals surface area (Å²) in [7, 11) is 0. The molecule has 1 heterocycles. The van der Waals surface area contributed by atoms with Gasteiger partial charge >= 0.3 is 0 Å². The normalized spacial score (nSPS) is 26.2. The Morgan fingerprint density at radius 3 is 2.61 bits per heavy atom. The van der Waals surface area contributed by atoms with Gasteiger partial charge in [0.25, 0.3) is 0 Å². The van der Waals surface area contributed by atoms with Gasteiger partial charge in [0.2, 0.25) is 0 Å². The van der Waals surface area contributed by atoms with Crippen LogP contribution >= 0.6 is 0 Å². The molecule has 0 aromatic carbocycles. The average Bonchev–Trinajstić information content (AvgIpc) is 2.32. The SMILES string of the molecule is CCCN1CCC(O)(C2=CCCCCCC2)CC1. The predicted octanol–water partition coefficient (Wildman–Crippen LogP) is 3.50. The minimum absolute atomic E-state index is 0.471. The van der Waals surface area contributed by atoms with Gasteiger partial charge in [-0.05, 0) is 57.1 Å². The van der Waals surface area contributed by atoms with Crippen LogP contribution in [0.3, 0.4) is 0 Å². The summed E-state index contributed by atoms with van der Waals surface area (Å²) in [6.07, 6.45) is 13.1. The van der Waals surface area contributed by atoms with Gasteiger partial charge in [0.1, 0.15) is 0 Å². The molecule has 18 heavy (non-hydrogen) atoms. The van der Waals surface area contributed by atoms with E-state index in [0.29, 0.717) is 0 Å². The lowest BCUT2D eigenvalue weighted by molar-refractivity contribution is 0.00630. The number of aliphatic hydroxyl groups is 1. The Bertz CT molecular complexity index is 277. The highest BCUT2D eigenvalue weighted by Crippen LogP contribution is 2.34. The first-order chi connectivity index (χ1) is 8.74. The largest absolute Gasteiger partial charge is 0.385 e. The Kier molecular flexibility index (Phi) is 5.25. The van der Waals surface area contributed by atoms with Gasteiger partial charge in [-0.25, -0.2) is 0 Å². The molecule has 2 nitrogen and oxygen atoms in total. The Morgan fingerprint density at radius 1 is 1.17 bits per heavy atom. The van der Waals surface area contributed by atoms with Crippen LogP contribution in [0, 0.1) is 0 Å². The molecule has 1 aliphatic carbocycles. The topological polar surface area (TPSA) is 23.5 Å². The molecule has 0 bridgehead atoms. The van der Waals surface area contributed by atoms with Crippen LogP contribution in [0.4, 0.5) is 0 Å². The van der Waals surface area contributed by atoms with Gasteiger partial charge in [0.05, 0.1) is 5.60 Å². The molecule has 1 aliphatic heterocycles. The molecule has 0 radical (unpaired) electrons. The third kappa shape index (κ3) is 3.58. The van der Waals surface area contributed by atoms with Gasteiger partial charge < -0.3 is 10.0 Å². The second-order valence-electron chi connectivity index (χ2n) is 6.06. The van der Waals surface area contributed by atoms with Crippen molar-refractivity contribution in [1.82, 2.24) is 4.90 Å². The van der Waals surface area contributed by atoms with E-state index in [1.165, 1.54) is 50.6 Å². The molecule has 0 spiro atoms. The molecule has 1 saturated heterocycles. The van der Waals surface area contributed by atoms with E-state index in [1.807, 2.05) is 0 Å². The minimum Gasteiger partial charge on any atom is -0.385 e. The fourth-order valence-electron chi connectivity index (χ4n) is 3.40. The molecule has 0 aromatic heterocycles. The summed E-state index contributed by atoms with van der Waals surface area (Å²) in [6, 6.07) is 0. The standard InChI is InChI=1S/C16H29NO/c1-2-12-17-13-10-16(18,11-14-17)15-8-6-4-3-5-7-9-15/h8,18H,2-7,9-14H2,1H3. The monoisotopic (exact) mass is 251 g/mol. The third-order valence-electron chi connectivity index (χ3n) is 4.61. The maximum absolute atomic E-state index is 10.9. The summed E-state index contributed by atoms with van der Waals surface area (Å²) in [5, 5.41) is 10.9. The van der Waals surface area contributed by atoms with Crippen LogP contribution in [0.15, 0.2) is 11.6 Å². The number of allylic oxidation sites excluding steroid dienone is 1. The van der Waals surface area contributed by atoms with E-state index in [9.17, 15) is 5.11 Å².